The minimum Gasteiger partial charge on any atom is -0.493 e. The van der Waals surface area contributed by atoms with Gasteiger partial charge in [-0.25, -0.2) is 0 Å². The molecule has 0 aliphatic rings. The molecule has 0 spiro atoms. The second-order valence-corrected chi connectivity index (χ2v) is 3.87. The Morgan fingerprint density at radius 1 is 0.842 bits per heavy atom. The van der Waals surface area contributed by atoms with E-state index in [1.54, 1.807) is 21.3 Å². The van der Waals surface area contributed by atoms with Crippen LogP contribution in [0.3, 0.4) is 0 Å². The van der Waals surface area contributed by atoms with Crippen LogP contribution in [-0.2, 0) is 0 Å². The molecule has 2 aromatic carbocycles. The highest BCUT2D eigenvalue weighted by atomic mass is 16.5. The highest BCUT2D eigenvalue weighted by molar-refractivity contribution is 5.93. The molecule has 4 heteroatoms. The lowest BCUT2D eigenvalue weighted by molar-refractivity contribution is 0.327. The van der Waals surface area contributed by atoms with E-state index < -0.39 is 0 Å². The van der Waals surface area contributed by atoms with Crippen molar-refractivity contribution in [2.75, 3.05) is 28.4 Å². The number of aliphatic hydroxyl groups excluding tert-OH is 1. The summed E-state index contributed by atoms with van der Waals surface area (Å²) in [6.45, 7) is 2.06. The molecular weight excluding hydrogens is 244 g/mol. The molecule has 0 fully saturated rings. The molecule has 1 N–H and O–H groups in total. The molecule has 0 aromatic heterocycles. The van der Waals surface area contributed by atoms with Crippen molar-refractivity contribution in [2.24, 2.45) is 0 Å². The first-order valence-corrected chi connectivity index (χ1v) is 5.85. The maximum Gasteiger partial charge on any atom is 0.203 e. The van der Waals surface area contributed by atoms with Gasteiger partial charge in [0.2, 0.25) is 5.75 Å². The molecule has 0 aliphatic carbocycles. The van der Waals surface area contributed by atoms with E-state index in [9.17, 15) is 0 Å². The van der Waals surface area contributed by atoms with Crippen LogP contribution in [-0.4, -0.2) is 33.5 Å². The summed E-state index contributed by atoms with van der Waals surface area (Å²) in [6.07, 6.45) is 0. The summed E-state index contributed by atoms with van der Waals surface area (Å²) in [5, 5.41) is 9.11. The fraction of sp³-hybridized carbons (Fsp3) is 0.333. The maximum absolute atomic E-state index is 7.00. The van der Waals surface area contributed by atoms with Crippen LogP contribution in [0.2, 0.25) is 0 Å². The highest BCUT2D eigenvalue weighted by Gasteiger charge is 2.15. The minimum atomic E-state index is 0.631. The van der Waals surface area contributed by atoms with Crippen molar-refractivity contribution < 1.29 is 19.3 Å². The molecule has 2 rings (SSSR count). The van der Waals surface area contributed by atoms with E-state index in [1.165, 1.54) is 5.56 Å². The second kappa shape index (κ2) is 6.85. The first-order valence-electron chi connectivity index (χ1n) is 5.85. The molecule has 0 saturated heterocycles. The van der Waals surface area contributed by atoms with Gasteiger partial charge in [0.05, 0.1) is 21.3 Å². The number of rotatable bonds is 3. The van der Waals surface area contributed by atoms with Gasteiger partial charge in [-0.3, -0.25) is 0 Å². The summed E-state index contributed by atoms with van der Waals surface area (Å²) in [5.41, 5.74) is 1.20. The third kappa shape index (κ3) is 2.90. The van der Waals surface area contributed by atoms with Crippen LogP contribution in [0.1, 0.15) is 5.56 Å². The Labute approximate surface area is 113 Å². The van der Waals surface area contributed by atoms with Crippen LogP contribution < -0.4 is 14.2 Å². The molecule has 0 unspecified atom stereocenters. The van der Waals surface area contributed by atoms with Gasteiger partial charge in [0, 0.05) is 12.5 Å². The molecule has 4 nitrogen and oxygen atoms in total. The Bertz CT molecular complexity index is 549. The second-order valence-electron chi connectivity index (χ2n) is 3.87. The number of ether oxygens (including phenoxy) is 3. The number of methoxy groups -OCH3 is 3. The van der Waals surface area contributed by atoms with Crippen LogP contribution in [0.25, 0.3) is 10.8 Å². The predicted molar refractivity (Wildman–Crippen MR) is 76.5 cm³/mol. The first-order chi connectivity index (χ1) is 9.21. The van der Waals surface area contributed by atoms with Crippen molar-refractivity contribution in [3.63, 3.8) is 0 Å². The van der Waals surface area contributed by atoms with Crippen molar-refractivity contribution in [1.82, 2.24) is 0 Å². The SMILES string of the molecule is CO.COc1cc2cc(C)ccc2c(OC)c1OC. The van der Waals surface area contributed by atoms with Gasteiger partial charge in [-0.05, 0) is 18.4 Å². The van der Waals surface area contributed by atoms with E-state index >= 15 is 0 Å². The summed E-state index contributed by atoms with van der Waals surface area (Å²) < 4.78 is 16.1. The molecule has 104 valence electrons. The fourth-order valence-electron chi connectivity index (χ4n) is 2.00. The zero-order valence-corrected chi connectivity index (χ0v) is 12.0. The number of hydrogen-bond donors (Lipinski definition) is 1. The van der Waals surface area contributed by atoms with Gasteiger partial charge in [-0.1, -0.05) is 23.8 Å². The van der Waals surface area contributed by atoms with Gasteiger partial charge >= 0.3 is 0 Å². The molecule has 19 heavy (non-hydrogen) atoms. The minimum absolute atomic E-state index is 0.631. The Balaban J connectivity index is 0.000000861. The van der Waals surface area contributed by atoms with E-state index in [0.717, 1.165) is 17.9 Å². The van der Waals surface area contributed by atoms with Crippen LogP contribution in [0.4, 0.5) is 0 Å². The molecule has 0 atom stereocenters. The van der Waals surface area contributed by atoms with Crippen LogP contribution in [0, 0.1) is 6.92 Å². The van der Waals surface area contributed by atoms with Gasteiger partial charge in [-0.15, -0.1) is 0 Å². The maximum atomic E-state index is 7.00. The third-order valence-electron chi connectivity index (χ3n) is 2.80. The van der Waals surface area contributed by atoms with Gasteiger partial charge < -0.3 is 19.3 Å². The van der Waals surface area contributed by atoms with Crippen molar-refractivity contribution in [3.05, 3.63) is 29.8 Å². The number of aliphatic hydroxyl groups is 1. The number of aryl methyl sites for hydroxylation is 1. The van der Waals surface area contributed by atoms with E-state index in [2.05, 4.69) is 19.1 Å². The zero-order valence-electron chi connectivity index (χ0n) is 12.0. The Kier molecular flexibility index (Phi) is 5.45. The molecule has 0 aliphatic heterocycles. The fourth-order valence-corrected chi connectivity index (χ4v) is 2.00. The van der Waals surface area contributed by atoms with Crippen molar-refractivity contribution in [2.45, 2.75) is 6.92 Å². The molecular formula is C15H20O4. The average molecular weight is 264 g/mol. The van der Waals surface area contributed by atoms with Crippen molar-refractivity contribution in [1.29, 1.82) is 0 Å². The number of hydrogen-bond acceptors (Lipinski definition) is 4. The third-order valence-corrected chi connectivity index (χ3v) is 2.80. The van der Waals surface area contributed by atoms with Crippen LogP contribution >= 0.6 is 0 Å². The van der Waals surface area contributed by atoms with Gasteiger partial charge in [-0.2, -0.15) is 0 Å². The Morgan fingerprint density at radius 3 is 2.00 bits per heavy atom. The van der Waals surface area contributed by atoms with E-state index in [0.29, 0.717) is 17.2 Å². The molecule has 0 saturated carbocycles. The van der Waals surface area contributed by atoms with Crippen molar-refractivity contribution in [3.8, 4) is 17.2 Å². The normalized spacial score (nSPS) is 9.58. The lowest BCUT2D eigenvalue weighted by Crippen LogP contribution is -1.96. The molecule has 0 heterocycles. The summed E-state index contributed by atoms with van der Waals surface area (Å²) in [5.74, 6) is 2.02. The summed E-state index contributed by atoms with van der Waals surface area (Å²) >= 11 is 0. The predicted octanol–water partition coefficient (Wildman–Crippen LogP) is 2.78. The van der Waals surface area contributed by atoms with Crippen molar-refractivity contribution >= 4 is 10.8 Å². The first kappa shape index (κ1) is 15.1. The number of fused-ring (bicyclic) bond motifs is 1. The largest absolute Gasteiger partial charge is 0.493 e. The van der Waals surface area contributed by atoms with E-state index in [-0.39, 0.29) is 0 Å². The standard InChI is InChI=1S/C14H16O3.CH4O/c1-9-5-6-11-10(7-9)8-12(15-2)14(17-4)13(11)16-3;1-2/h5-8H,1-4H3;2H,1H3. The summed E-state index contributed by atoms with van der Waals surface area (Å²) in [4.78, 5) is 0. The highest BCUT2D eigenvalue weighted by Crippen LogP contribution is 2.43. The number of benzene rings is 2. The van der Waals surface area contributed by atoms with E-state index in [1.807, 2.05) is 12.1 Å². The molecule has 0 radical (unpaired) electrons. The quantitative estimate of drug-likeness (QED) is 0.926. The summed E-state index contributed by atoms with van der Waals surface area (Å²) in [7, 11) is 5.87. The van der Waals surface area contributed by atoms with Crippen LogP contribution in [0.5, 0.6) is 17.2 Å². The van der Waals surface area contributed by atoms with Gasteiger partial charge in [0.25, 0.3) is 0 Å². The van der Waals surface area contributed by atoms with Crippen LogP contribution in [0.15, 0.2) is 24.3 Å². The lowest BCUT2D eigenvalue weighted by atomic mass is 10.1. The van der Waals surface area contributed by atoms with Gasteiger partial charge in [0.15, 0.2) is 11.5 Å². The topological polar surface area (TPSA) is 47.9 Å². The summed E-state index contributed by atoms with van der Waals surface area (Å²) in [6, 6.07) is 8.14. The molecule has 0 amide bonds. The average Bonchev–Trinajstić information content (AvgIpc) is 2.46. The van der Waals surface area contributed by atoms with E-state index in [4.69, 9.17) is 19.3 Å². The molecule has 0 bridgehead atoms. The smallest absolute Gasteiger partial charge is 0.203 e. The Morgan fingerprint density at radius 2 is 1.47 bits per heavy atom. The monoisotopic (exact) mass is 264 g/mol. The lowest BCUT2D eigenvalue weighted by Gasteiger charge is -2.14. The Hall–Kier alpha value is -1.94. The van der Waals surface area contributed by atoms with Gasteiger partial charge in [0.1, 0.15) is 0 Å². The molecule has 2 aromatic rings. The zero-order chi connectivity index (χ0) is 14.4.